The van der Waals surface area contributed by atoms with Crippen LogP contribution >= 0.6 is 23.5 Å². The SMILES string of the molecule is CC(C)(C)c1cc(SC2CCCCC2SCC(=O)NCC23CC4CC(CC(C4)C2)C3)cc(C(C)(C)C)c1O. The van der Waals surface area contributed by atoms with Gasteiger partial charge in [-0.3, -0.25) is 4.79 Å². The molecule has 0 saturated heterocycles. The van der Waals surface area contributed by atoms with Crippen molar-refractivity contribution in [2.45, 2.75) is 132 Å². The quantitative estimate of drug-likeness (QED) is 0.353. The molecule has 38 heavy (non-hydrogen) atoms. The number of benzene rings is 1. The molecule has 0 aliphatic heterocycles. The van der Waals surface area contributed by atoms with Crippen molar-refractivity contribution in [1.82, 2.24) is 5.32 Å². The summed E-state index contributed by atoms with van der Waals surface area (Å²) in [4.78, 5) is 14.3. The summed E-state index contributed by atoms with van der Waals surface area (Å²) >= 11 is 3.87. The van der Waals surface area contributed by atoms with E-state index in [0.29, 0.717) is 27.4 Å². The average molecular weight is 558 g/mol. The smallest absolute Gasteiger partial charge is 0.230 e. The van der Waals surface area contributed by atoms with Crippen LogP contribution in [0.15, 0.2) is 17.0 Å². The third-order valence-corrected chi connectivity index (χ3v) is 12.9. The van der Waals surface area contributed by atoms with E-state index in [4.69, 9.17) is 0 Å². The lowest BCUT2D eigenvalue weighted by Crippen LogP contribution is -2.51. The second-order valence-electron chi connectivity index (χ2n) is 15.4. The predicted molar refractivity (Wildman–Crippen MR) is 163 cm³/mol. The minimum atomic E-state index is -0.115. The van der Waals surface area contributed by atoms with Gasteiger partial charge in [0.05, 0.1) is 5.75 Å². The van der Waals surface area contributed by atoms with Crippen LogP contribution in [0.25, 0.3) is 0 Å². The van der Waals surface area contributed by atoms with Crippen LogP contribution in [0.5, 0.6) is 5.75 Å². The van der Waals surface area contributed by atoms with Gasteiger partial charge in [-0.05, 0) is 97.5 Å². The minimum absolute atomic E-state index is 0.115. The van der Waals surface area contributed by atoms with E-state index in [0.717, 1.165) is 35.4 Å². The number of rotatable bonds is 7. The summed E-state index contributed by atoms with van der Waals surface area (Å²) in [6.07, 6.45) is 13.4. The molecule has 6 rings (SSSR count). The highest BCUT2D eigenvalue weighted by molar-refractivity contribution is 8.04. The monoisotopic (exact) mass is 557 g/mol. The lowest BCUT2D eigenvalue weighted by Gasteiger charge is -2.56. The number of phenols is 1. The summed E-state index contributed by atoms with van der Waals surface area (Å²) < 4.78 is 0. The Kier molecular flexibility index (Phi) is 8.22. The molecule has 1 amide bonds. The van der Waals surface area contributed by atoms with Gasteiger partial charge < -0.3 is 10.4 Å². The summed E-state index contributed by atoms with van der Waals surface area (Å²) in [6, 6.07) is 4.45. The Bertz CT molecular complexity index is 951. The van der Waals surface area contributed by atoms with E-state index < -0.39 is 0 Å². The second kappa shape index (κ2) is 10.9. The van der Waals surface area contributed by atoms with Gasteiger partial charge in [-0.25, -0.2) is 0 Å². The highest BCUT2D eigenvalue weighted by Crippen LogP contribution is 2.59. The van der Waals surface area contributed by atoms with Gasteiger partial charge in [0.2, 0.25) is 5.91 Å². The van der Waals surface area contributed by atoms with Gasteiger partial charge in [-0.15, -0.1) is 23.5 Å². The van der Waals surface area contributed by atoms with Crippen LogP contribution < -0.4 is 5.32 Å². The van der Waals surface area contributed by atoms with Gasteiger partial charge >= 0.3 is 0 Å². The lowest BCUT2D eigenvalue weighted by atomic mass is 9.49. The number of carbonyl (C=O) groups excluding carboxylic acids is 1. The zero-order valence-corrected chi connectivity index (χ0v) is 26.3. The van der Waals surface area contributed by atoms with Crippen LogP contribution in [-0.4, -0.2) is 33.8 Å². The maximum Gasteiger partial charge on any atom is 0.230 e. The van der Waals surface area contributed by atoms with Gasteiger partial charge in [-0.1, -0.05) is 54.4 Å². The van der Waals surface area contributed by atoms with E-state index in [1.54, 1.807) is 0 Å². The molecule has 5 aliphatic rings. The van der Waals surface area contributed by atoms with Gasteiger partial charge in [-0.2, -0.15) is 0 Å². The van der Waals surface area contributed by atoms with E-state index in [9.17, 15) is 9.90 Å². The van der Waals surface area contributed by atoms with Crippen LogP contribution in [0.2, 0.25) is 0 Å². The maximum absolute atomic E-state index is 13.0. The van der Waals surface area contributed by atoms with Gasteiger partial charge in [0.1, 0.15) is 5.75 Å². The summed E-state index contributed by atoms with van der Waals surface area (Å²) in [5, 5.41) is 15.6. The number of nitrogens with one attached hydrogen (secondary N) is 1. The summed E-state index contributed by atoms with van der Waals surface area (Å²) in [5.74, 6) is 4.10. The Morgan fingerprint density at radius 3 is 1.89 bits per heavy atom. The van der Waals surface area contributed by atoms with E-state index >= 15 is 0 Å². The number of aromatic hydroxyl groups is 1. The number of hydrogen-bond donors (Lipinski definition) is 2. The number of amides is 1. The van der Waals surface area contributed by atoms with Crippen LogP contribution in [0.1, 0.15) is 117 Å². The molecule has 4 bridgehead atoms. The van der Waals surface area contributed by atoms with E-state index in [1.165, 1.54) is 69.1 Å². The van der Waals surface area contributed by atoms with Crippen LogP contribution in [0.3, 0.4) is 0 Å². The van der Waals surface area contributed by atoms with Crippen molar-refractivity contribution < 1.29 is 9.90 Å². The number of phenolic OH excluding ortho intramolecular Hbond substituents is 1. The van der Waals surface area contributed by atoms with Gasteiger partial charge in [0.15, 0.2) is 0 Å². The van der Waals surface area contributed by atoms with Gasteiger partial charge in [0, 0.05) is 33.1 Å². The number of thioether (sulfide) groups is 2. The Morgan fingerprint density at radius 1 is 0.895 bits per heavy atom. The van der Waals surface area contributed by atoms with Crippen molar-refractivity contribution in [1.29, 1.82) is 0 Å². The molecule has 0 spiro atoms. The van der Waals surface area contributed by atoms with Crippen molar-refractivity contribution in [3.63, 3.8) is 0 Å². The largest absolute Gasteiger partial charge is 0.507 e. The molecule has 2 unspecified atom stereocenters. The predicted octanol–water partition coefficient (Wildman–Crippen LogP) is 8.46. The molecule has 3 nitrogen and oxygen atoms in total. The molecular formula is C33H51NO2S2. The third kappa shape index (κ3) is 6.40. The Morgan fingerprint density at radius 2 is 1.39 bits per heavy atom. The van der Waals surface area contributed by atoms with Crippen molar-refractivity contribution >= 4 is 29.4 Å². The Hall–Kier alpha value is -0.810. The molecule has 1 aromatic carbocycles. The van der Waals surface area contributed by atoms with Crippen molar-refractivity contribution in [2.24, 2.45) is 23.2 Å². The van der Waals surface area contributed by atoms with Crippen molar-refractivity contribution in [3.8, 4) is 5.75 Å². The summed E-state index contributed by atoms with van der Waals surface area (Å²) in [7, 11) is 0. The zero-order valence-electron chi connectivity index (χ0n) is 24.7. The van der Waals surface area contributed by atoms with E-state index in [2.05, 4.69) is 59.0 Å². The zero-order chi connectivity index (χ0) is 27.3. The van der Waals surface area contributed by atoms with Crippen LogP contribution in [-0.2, 0) is 15.6 Å². The second-order valence-corrected chi connectivity index (χ2v) is 17.9. The fraction of sp³-hybridized carbons (Fsp3) is 0.788. The Balaban J connectivity index is 1.20. The fourth-order valence-corrected chi connectivity index (χ4v) is 11.3. The Labute approximate surface area is 240 Å². The average Bonchev–Trinajstić information content (AvgIpc) is 2.81. The first-order chi connectivity index (χ1) is 17.8. The molecule has 5 aliphatic carbocycles. The fourth-order valence-electron chi connectivity index (χ4n) is 8.41. The highest BCUT2D eigenvalue weighted by Gasteiger charge is 2.50. The van der Waals surface area contributed by atoms with E-state index in [1.807, 2.05) is 23.5 Å². The molecule has 0 radical (unpaired) electrons. The molecule has 0 aromatic heterocycles. The molecular weight excluding hydrogens is 507 g/mol. The highest BCUT2D eigenvalue weighted by atomic mass is 32.2. The first-order valence-electron chi connectivity index (χ1n) is 15.2. The summed E-state index contributed by atoms with van der Waals surface area (Å²) in [5.41, 5.74) is 2.26. The molecule has 2 N–H and O–H groups in total. The van der Waals surface area contributed by atoms with Crippen LogP contribution in [0, 0.1) is 23.2 Å². The van der Waals surface area contributed by atoms with Crippen molar-refractivity contribution in [3.05, 3.63) is 23.3 Å². The minimum Gasteiger partial charge on any atom is -0.507 e. The van der Waals surface area contributed by atoms with Crippen molar-refractivity contribution in [2.75, 3.05) is 12.3 Å². The molecule has 5 heteroatoms. The first kappa shape index (κ1) is 28.7. The lowest BCUT2D eigenvalue weighted by molar-refractivity contribution is -0.120. The van der Waals surface area contributed by atoms with Gasteiger partial charge in [0.25, 0.3) is 0 Å². The molecule has 5 saturated carbocycles. The summed E-state index contributed by atoms with van der Waals surface area (Å²) in [6.45, 7) is 14.0. The van der Waals surface area contributed by atoms with Crippen LogP contribution in [0.4, 0.5) is 0 Å². The number of carbonyl (C=O) groups is 1. The third-order valence-electron chi connectivity index (χ3n) is 9.88. The molecule has 0 heterocycles. The standard InChI is InChI=1S/C33H51NO2S2/c1-31(2,3)25-14-24(15-26(30(25)36)32(4,5)6)38-28-10-8-7-9-27(28)37-19-29(35)34-20-33-16-21-11-22(17-33)13-23(12-21)18-33/h14-15,21-23,27-28,36H,7-13,16-20H2,1-6H3,(H,34,35). The molecule has 212 valence electrons. The molecule has 5 fully saturated rings. The first-order valence-corrected chi connectivity index (χ1v) is 17.2. The topological polar surface area (TPSA) is 49.3 Å². The normalized spacial score (nSPS) is 32.9. The van der Waals surface area contributed by atoms with E-state index in [-0.39, 0.29) is 16.7 Å². The number of hydrogen-bond acceptors (Lipinski definition) is 4. The molecule has 2 atom stereocenters. The molecule has 1 aromatic rings. The maximum atomic E-state index is 13.0.